The second-order valence-corrected chi connectivity index (χ2v) is 9.39. The lowest BCUT2D eigenvalue weighted by molar-refractivity contribution is 0.428. The van der Waals surface area contributed by atoms with E-state index in [0.717, 1.165) is 24.3 Å². The first-order chi connectivity index (χ1) is 16.5. The molecule has 0 saturated heterocycles. The van der Waals surface area contributed by atoms with E-state index in [-0.39, 0.29) is 11.4 Å². The fourth-order valence-electron chi connectivity index (χ4n) is 4.96. The van der Waals surface area contributed by atoms with Crippen molar-refractivity contribution < 1.29 is 13.2 Å². The fraction of sp³-hybridized carbons (Fsp3) is 0.355. The van der Waals surface area contributed by atoms with E-state index >= 15 is 4.39 Å². The Balaban J connectivity index is 1.49. The molecule has 0 spiro atoms. The number of aryl methyl sites for hydroxylation is 1. The molecule has 0 bridgehead atoms. The van der Waals surface area contributed by atoms with E-state index in [1.54, 1.807) is 49.4 Å². The van der Waals surface area contributed by atoms with Crippen molar-refractivity contribution in [1.82, 2.24) is 0 Å². The van der Waals surface area contributed by atoms with Crippen LogP contribution in [0.25, 0.3) is 27.8 Å². The summed E-state index contributed by atoms with van der Waals surface area (Å²) in [5.74, 6) is -1.14. The SMILES string of the molecule is CCCCCC1CC=C(c2ccc(-c3ccc(-c4ccc(CC)c(F)c4F)cc3)c(F)c2)CC1. The first-order valence-corrected chi connectivity index (χ1v) is 12.6. The van der Waals surface area contributed by atoms with Crippen LogP contribution in [0.15, 0.2) is 60.7 Å². The van der Waals surface area contributed by atoms with Crippen LogP contribution >= 0.6 is 0 Å². The molecule has 1 aliphatic carbocycles. The lowest BCUT2D eigenvalue weighted by atomic mass is 9.83. The number of unbranched alkanes of at least 4 members (excludes halogenated alkanes) is 2. The van der Waals surface area contributed by atoms with Gasteiger partial charge < -0.3 is 0 Å². The van der Waals surface area contributed by atoms with Gasteiger partial charge in [-0.25, -0.2) is 13.2 Å². The molecule has 0 radical (unpaired) electrons. The van der Waals surface area contributed by atoms with Gasteiger partial charge in [-0.05, 0) is 65.5 Å². The quantitative estimate of drug-likeness (QED) is 0.292. The van der Waals surface area contributed by atoms with Gasteiger partial charge in [0.05, 0.1) is 0 Å². The summed E-state index contributed by atoms with van der Waals surface area (Å²) in [4.78, 5) is 0. The molecule has 1 atom stereocenters. The summed E-state index contributed by atoms with van der Waals surface area (Å²) in [5.41, 5.74) is 4.57. The van der Waals surface area contributed by atoms with Gasteiger partial charge in [0, 0.05) is 11.1 Å². The van der Waals surface area contributed by atoms with Gasteiger partial charge in [-0.15, -0.1) is 0 Å². The molecule has 1 unspecified atom stereocenters. The largest absolute Gasteiger partial charge is 0.206 e. The Morgan fingerprint density at radius 2 is 1.44 bits per heavy atom. The van der Waals surface area contributed by atoms with Gasteiger partial charge in [-0.3, -0.25) is 0 Å². The molecule has 0 saturated carbocycles. The van der Waals surface area contributed by atoms with Gasteiger partial charge in [0.1, 0.15) is 5.82 Å². The predicted molar refractivity (Wildman–Crippen MR) is 136 cm³/mol. The van der Waals surface area contributed by atoms with E-state index in [1.807, 2.05) is 12.1 Å². The Labute approximate surface area is 201 Å². The zero-order valence-electron chi connectivity index (χ0n) is 20.1. The number of hydrogen-bond donors (Lipinski definition) is 0. The molecule has 34 heavy (non-hydrogen) atoms. The Bertz CT molecular complexity index is 1160. The molecule has 3 aromatic rings. The lowest BCUT2D eigenvalue weighted by Crippen LogP contribution is -2.05. The molecular weight excluding hydrogens is 429 g/mol. The first-order valence-electron chi connectivity index (χ1n) is 12.6. The third kappa shape index (κ3) is 5.29. The highest BCUT2D eigenvalue weighted by molar-refractivity contribution is 5.74. The van der Waals surface area contributed by atoms with Crippen molar-refractivity contribution in [3.8, 4) is 22.3 Å². The minimum absolute atomic E-state index is 0.217. The van der Waals surface area contributed by atoms with Crippen LogP contribution in [0.1, 0.15) is 69.9 Å². The second kappa shape index (κ2) is 11.1. The van der Waals surface area contributed by atoms with Crippen LogP contribution in [-0.2, 0) is 6.42 Å². The average Bonchev–Trinajstić information content (AvgIpc) is 2.86. The van der Waals surface area contributed by atoms with E-state index in [4.69, 9.17) is 0 Å². The number of hydrogen-bond acceptors (Lipinski definition) is 0. The van der Waals surface area contributed by atoms with Crippen molar-refractivity contribution in [2.45, 2.75) is 65.2 Å². The van der Waals surface area contributed by atoms with E-state index < -0.39 is 11.6 Å². The molecule has 4 rings (SSSR count). The van der Waals surface area contributed by atoms with E-state index in [0.29, 0.717) is 28.7 Å². The summed E-state index contributed by atoms with van der Waals surface area (Å²) in [6.07, 6.45) is 11.1. The smallest absolute Gasteiger partial charge is 0.166 e. The van der Waals surface area contributed by atoms with Crippen LogP contribution in [0.3, 0.4) is 0 Å². The summed E-state index contributed by atoms with van der Waals surface area (Å²) in [6, 6.07) is 15.6. The highest BCUT2D eigenvalue weighted by atomic mass is 19.2. The van der Waals surface area contributed by atoms with Crippen molar-refractivity contribution in [3.63, 3.8) is 0 Å². The van der Waals surface area contributed by atoms with Crippen molar-refractivity contribution >= 4 is 5.57 Å². The van der Waals surface area contributed by atoms with Gasteiger partial charge >= 0.3 is 0 Å². The fourth-order valence-corrected chi connectivity index (χ4v) is 4.96. The highest BCUT2D eigenvalue weighted by Gasteiger charge is 2.17. The third-order valence-corrected chi connectivity index (χ3v) is 7.13. The van der Waals surface area contributed by atoms with Crippen LogP contribution in [-0.4, -0.2) is 0 Å². The van der Waals surface area contributed by atoms with Gasteiger partial charge in [0.15, 0.2) is 11.6 Å². The van der Waals surface area contributed by atoms with Crippen molar-refractivity contribution in [2.75, 3.05) is 0 Å². The molecule has 3 heteroatoms. The topological polar surface area (TPSA) is 0 Å². The summed E-state index contributed by atoms with van der Waals surface area (Å²) < 4.78 is 43.8. The minimum Gasteiger partial charge on any atom is -0.206 e. The van der Waals surface area contributed by atoms with Crippen molar-refractivity contribution in [2.24, 2.45) is 5.92 Å². The van der Waals surface area contributed by atoms with Crippen molar-refractivity contribution in [1.29, 1.82) is 0 Å². The monoisotopic (exact) mass is 462 g/mol. The molecule has 0 aliphatic heterocycles. The number of benzene rings is 3. The molecule has 0 N–H and O–H groups in total. The zero-order chi connectivity index (χ0) is 24.1. The molecule has 0 fully saturated rings. The Morgan fingerprint density at radius 3 is 2.06 bits per heavy atom. The van der Waals surface area contributed by atoms with Crippen LogP contribution in [0.2, 0.25) is 0 Å². The number of halogens is 3. The second-order valence-electron chi connectivity index (χ2n) is 9.39. The van der Waals surface area contributed by atoms with E-state index in [1.165, 1.54) is 37.7 Å². The number of allylic oxidation sites excluding steroid dienone is 2. The highest BCUT2D eigenvalue weighted by Crippen LogP contribution is 2.35. The van der Waals surface area contributed by atoms with Crippen LogP contribution < -0.4 is 0 Å². The zero-order valence-corrected chi connectivity index (χ0v) is 20.1. The molecular formula is C31H33F3. The maximum atomic E-state index is 15.1. The van der Waals surface area contributed by atoms with E-state index in [9.17, 15) is 8.78 Å². The Morgan fingerprint density at radius 1 is 0.765 bits per heavy atom. The Kier molecular flexibility index (Phi) is 7.92. The molecule has 178 valence electrons. The molecule has 0 heterocycles. The summed E-state index contributed by atoms with van der Waals surface area (Å²) in [5, 5.41) is 0. The van der Waals surface area contributed by atoms with Crippen LogP contribution in [0.4, 0.5) is 13.2 Å². The standard InChI is InChI=1S/C31H33F3/c1-3-5-6-7-21-8-10-23(11-9-21)26-17-18-27(29(32)20-26)24-12-14-25(15-13-24)28-19-16-22(4-2)30(33)31(28)34/h10,12-21H,3-9,11H2,1-2H3. The van der Waals surface area contributed by atoms with Gasteiger partial charge in [-0.1, -0.05) is 94.1 Å². The maximum Gasteiger partial charge on any atom is 0.166 e. The summed E-state index contributed by atoms with van der Waals surface area (Å²) in [7, 11) is 0. The normalized spacial score (nSPS) is 15.9. The average molecular weight is 463 g/mol. The first kappa shape index (κ1) is 24.3. The molecule has 1 aliphatic rings. The maximum absolute atomic E-state index is 15.1. The van der Waals surface area contributed by atoms with E-state index in [2.05, 4.69) is 13.0 Å². The van der Waals surface area contributed by atoms with Crippen LogP contribution in [0.5, 0.6) is 0 Å². The van der Waals surface area contributed by atoms with Crippen molar-refractivity contribution in [3.05, 3.63) is 89.3 Å². The van der Waals surface area contributed by atoms with Gasteiger partial charge in [0.2, 0.25) is 0 Å². The van der Waals surface area contributed by atoms with Crippen LogP contribution in [0, 0.1) is 23.4 Å². The molecule has 0 nitrogen and oxygen atoms in total. The number of rotatable bonds is 8. The third-order valence-electron chi connectivity index (χ3n) is 7.13. The Hall–Kier alpha value is -2.81. The van der Waals surface area contributed by atoms with Gasteiger partial charge in [-0.2, -0.15) is 0 Å². The molecule has 3 aromatic carbocycles. The summed E-state index contributed by atoms with van der Waals surface area (Å²) in [6.45, 7) is 4.03. The minimum atomic E-state index is -0.837. The predicted octanol–water partition coefficient (Wildman–Crippen LogP) is 9.76. The molecule has 0 amide bonds. The lowest BCUT2D eigenvalue weighted by Gasteiger charge is -2.22. The molecule has 0 aromatic heterocycles. The van der Waals surface area contributed by atoms with Gasteiger partial charge in [0.25, 0.3) is 0 Å². The summed E-state index contributed by atoms with van der Waals surface area (Å²) >= 11 is 0.